The zero-order valence-electron chi connectivity index (χ0n) is 26.5. The molecule has 1 aliphatic heterocycles. The number of aliphatic hydroxyl groups excluding tert-OH is 1. The lowest BCUT2D eigenvalue weighted by atomic mass is 9.92. The molecule has 2 amide bonds. The number of nitrogens with zero attached hydrogens (tertiary/aromatic N) is 1. The number of hydrogen-bond donors (Lipinski definition) is 3. The van der Waals surface area contributed by atoms with Crippen molar-refractivity contribution in [2.45, 2.75) is 32.5 Å². The molecule has 0 fully saturated rings. The van der Waals surface area contributed by atoms with Crippen LogP contribution in [0.25, 0.3) is 11.0 Å². The highest BCUT2D eigenvalue weighted by Crippen LogP contribution is 2.46. The maximum atomic E-state index is 14.3. The molecule has 0 bridgehead atoms. The maximum absolute atomic E-state index is 14.3. The summed E-state index contributed by atoms with van der Waals surface area (Å²) in [4.78, 5) is 41.0. The fraction of sp³-hybridized carbons (Fsp3) is 0.324. The molecule has 2 heterocycles. The maximum Gasteiger partial charge on any atom is 0.375 e. The van der Waals surface area contributed by atoms with Crippen LogP contribution >= 0.6 is 11.6 Å². The number of ether oxygens (including phenoxy) is 4. The molecule has 2 atom stereocenters. The number of amides is 2. The van der Waals surface area contributed by atoms with E-state index in [0.29, 0.717) is 44.4 Å². The van der Waals surface area contributed by atoms with Crippen LogP contribution in [0, 0.1) is 5.41 Å². The number of nitrogens with one attached hydrogen (secondary N) is 1. The van der Waals surface area contributed by atoms with Gasteiger partial charge in [0.2, 0.25) is 5.91 Å². The van der Waals surface area contributed by atoms with Crippen LogP contribution in [-0.4, -0.2) is 68.6 Å². The minimum Gasteiger partial charge on any atom is -0.493 e. The van der Waals surface area contributed by atoms with Crippen molar-refractivity contribution in [2.75, 3.05) is 44.7 Å². The first-order valence-corrected chi connectivity index (χ1v) is 15.0. The van der Waals surface area contributed by atoms with E-state index in [-0.39, 0.29) is 36.7 Å². The Morgan fingerprint density at radius 3 is 2.40 bits per heavy atom. The number of aliphatic hydroxyl groups is 1. The Morgan fingerprint density at radius 1 is 1.00 bits per heavy atom. The quantitative estimate of drug-likeness (QED) is 0.182. The van der Waals surface area contributed by atoms with E-state index in [0.717, 1.165) is 0 Å². The third-order valence-corrected chi connectivity index (χ3v) is 8.07. The third-order valence-electron chi connectivity index (χ3n) is 7.83. The number of aromatic carboxylic acids is 1. The van der Waals surface area contributed by atoms with Crippen LogP contribution < -0.4 is 24.4 Å². The van der Waals surface area contributed by atoms with Crippen LogP contribution in [0.3, 0.4) is 0 Å². The molecule has 0 aliphatic carbocycles. The lowest BCUT2D eigenvalue weighted by Gasteiger charge is -2.32. The van der Waals surface area contributed by atoms with Crippen molar-refractivity contribution in [2.24, 2.45) is 5.41 Å². The van der Waals surface area contributed by atoms with E-state index in [1.807, 2.05) is 13.8 Å². The van der Waals surface area contributed by atoms with Crippen LogP contribution in [0.5, 0.6) is 17.2 Å². The van der Waals surface area contributed by atoms with Gasteiger partial charge in [0.05, 0.1) is 33.1 Å². The van der Waals surface area contributed by atoms with Gasteiger partial charge in [0.15, 0.2) is 17.2 Å². The monoisotopic (exact) mass is 666 g/mol. The number of methoxy groups -OCH3 is 3. The van der Waals surface area contributed by atoms with Crippen molar-refractivity contribution in [1.82, 2.24) is 0 Å². The number of rotatable bonds is 11. The highest BCUT2D eigenvalue weighted by Gasteiger charge is 2.40. The van der Waals surface area contributed by atoms with Crippen LogP contribution in [0.1, 0.15) is 48.1 Å². The molecule has 3 aromatic carbocycles. The largest absolute Gasteiger partial charge is 0.493 e. The van der Waals surface area contributed by atoms with E-state index in [1.165, 1.54) is 38.4 Å². The number of carbonyl (C=O) groups is 3. The number of benzene rings is 3. The van der Waals surface area contributed by atoms with Gasteiger partial charge in [0.25, 0.3) is 11.7 Å². The number of fused-ring (bicyclic) bond motifs is 2. The fourth-order valence-electron chi connectivity index (χ4n) is 5.58. The summed E-state index contributed by atoms with van der Waals surface area (Å²) in [6.07, 6.45) is -2.60. The Labute approximate surface area is 275 Å². The predicted molar refractivity (Wildman–Crippen MR) is 174 cm³/mol. The summed E-state index contributed by atoms with van der Waals surface area (Å²) in [7, 11) is 4.32. The Balaban J connectivity index is 1.55. The summed E-state index contributed by atoms with van der Waals surface area (Å²) in [5.41, 5.74) is 1.47. The number of furan rings is 1. The topological polar surface area (TPSA) is 157 Å². The van der Waals surface area contributed by atoms with Crippen LogP contribution in [0.2, 0.25) is 5.02 Å². The molecule has 0 radical (unpaired) electrons. The molecular formula is C34H35ClN2O10. The van der Waals surface area contributed by atoms with Gasteiger partial charge in [0, 0.05) is 46.1 Å². The van der Waals surface area contributed by atoms with Gasteiger partial charge in [-0.15, -0.1) is 0 Å². The van der Waals surface area contributed by atoms with E-state index in [2.05, 4.69) is 5.32 Å². The molecule has 0 spiro atoms. The van der Waals surface area contributed by atoms with E-state index in [4.69, 9.17) is 35.0 Å². The van der Waals surface area contributed by atoms with Crippen molar-refractivity contribution in [3.05, 3.63) is 76.5 Å². The number of carbonyl (C=O) groups excluding carboxylic acids is 2. The molecule has 5 rings (SSSR count). The number of para-hydroxylation sites is 1. The zero-order chi connectivity index (χ0) is 34.0. The van der Waals surface area contributed by atoms with Crippen molar-refractivity contribution >= 4 is 51.7 Å². The van der Waals surface area contributed by atoms with Crippen LogP contribution in [-0.2, 0) is 14.3 Å². The predicted octanol–water partition coefficient (Wildman–Crippen LogP) is 5.68. The molecule has 248 valence electrons. The number of halogens is 1. The van der Waals surface area contributed by atoms with Gasteiger partial charge in [0.1, 0.15) is 17.8 Å². The molecule has 1 aliphatic rings. The first-order chi connectivity index (χ1) is 22.4. The van der Waals surface area contributed by atoms with Gasteiger partial charge in [-0.25, -0.2) is 4.79 Å². The van der Waals surface area contributed by atoms with Gasteiger partial charge in [-0.1, -0.05) is 37.6 Å². The number of anilines is 2. The second kappa shape index (κ2) is 13.5. The summed E-state index contributed by atoms with van der Waals surface area (Å²) in [5, 5.41) is 23.1. The zero-order valence-corrected chi connectivity index (χ0v) is 27.2. The molecule has 13 heteroatoms. The lowest BCUT2D eigenvalue weighted by Crippen LogP contribution is -2.46. The SMILES string of the molecule is COc1cccc([C@H]2O[C@H](CC(=O)Nc3ccc4oc(C(=O)O)c(OC)c4c3)C(=O)N(CC(C)(C)CO)c3ccc(Cl)cc32)c1OC. The van der Waals surface area contributed by atoms with Crippen molar-refractivity contribution in [1.29, 1.82) is 0 Å². The molecule has 0 unspecified atom stereocenters. The minimum absolute atomic E-state index is 0.0134. The van der Waals surface area contributed by atoms with Crippen LogP contribution in [0.4, 0.5) is 11.4 Å². The molecule has 47 heavy (non-hydrogen) atoms. The number of carboxylic acids is 1. The summed E-state index contributed by atoms with van der Waals surface area (Å²) in [5.74, 6) is -1.87. The van der Waals surface area contributed by atoms with Gasteiger partial charge >= 0.3 is 5.97 Å². The smallest absolute Gasteiger partial charge is 0.375 e. The van der Waals surface area contributed by atoms with Gasteiger partial charge < -0.3 is 43.8 Å². The van der Waals surface area contributed by atoms with Crippen molar-refractivity contribution in [3.63, 3.8) is 0 Å². The minimum atomic E-state index is -1.30. The molecule has 1 aromatic heterocycles. The van der Waals surface area contributed by atoms with Crippen molar-refractivity contribution in [3.8, 4) is 17.2 Å². The van der Waals surface area contributed by atoms with Gasteiger partial charge in [-0.3, -0.25) is 9.59 Å². The average Bonchev–Trinajstić information content (AvgIpc) is 3.39. The number of carboxylic acid groups (broad SMARTS) is 1. The summed E-state index contributed by atoms with van der Waals surface area (Å²) in [6, 6.07) is 14.9. The average molecular weight is 667 g/mol. The molecule has 0 saturated heterocycles. The Hall–Kier alpha value is -4.78. The first kappa shape index (κ1) is 33.6. The second-order valence-corrected chi connectivity index (χ2v) is 12.2. The fourth-order valence-corrected chi connectivity index (χ4v) is 5.76. The molecular weight excluding hydrogens is 632 g/mol. The summed E-state index contributed by atoms with van der Waals surface area (Å²) >= 11 is 6.49. The van der Waals surface area contributed by atoms with E-state index < -0.39 is 35.4 Å². The summed E-state index contributed by atoms with van der Waals surface area (Å²) in [6.45, 7) is 3.55. The molecule has 12 nitrogen and oxygen atoms in total. The molecule has 0 saturated carbocycles. The Morgan fingerprint density at radius 2 is 1.74 bits per heavy atom. The van der Waals surface area contributed by atoms with Crippen LogP contribution in [0.15, 0.2) is 59.0 Å². The third kappa shape index (κ3) is 6.71. The Kier molecular flexibility index (Phi) is 9.66. The van der Waals surface area contributed by atoms with E-state index >= 15 is 0 Å². The first-order valence-electron chi connectivity index (χ1n) is 14.6. The Bertz CT molecular complexity index is 1840. The summed E-state index contributed by atoms with van der Waals surface area (Å²) < 4.78 is 28.4. The van der Waals surface area contributed by atoms with Gasteiger partial charge in [-0.2, -0.15) is 0 Å². The molecule has 4 aromatic rings. The normalized spacial score (nSPS) is 16.4. The highest BCUT2D eigenvalue weighted by molar-refractivity contribution is 6.30. The van der Waals surface area contributed by atoms with Crippen molar-refractivity contribution < 1.29 is 48.0 Å². The van der Waals surface area contributed by atoms with E-state index in [9.17, 15) is 24.6 Å². The highest BCUT2D eigenvalue weighted by atomic mass is 35.5. The lowest BCUT2D eigenvalue weighted by molar-refractivity contribution is -0.136. The standard InChI is InChI=1S/C34H35ClN2O10/c1-34(2,17-38)16-37-23-11-9-18(35)13-21(23)28(20-7-6-8-25(43-3)29(20)44-4)47-26(32(37)40)15-27(39)36-19-10-12-24-22(14-19)30(45-5)31(46-24)33(41)42/h6-14,26,28,38H,15-17H2,1-5H3,(H,36,39)(H,41,42)/t26-,28-/m1/s1. The molecule has 3 N–H and O–H groups in total. The van der Waals surface area contributed by atoms with E-state index in [1.54, 1.807) is 42.5 Å². The second-order valence-electron chi connectivity index (χ2n) is 11.8. The number of hydrogen-bond acceptors (Lipinski definition) is 9. The van der Waals surface area contributed by atoms with Gasteiger partial charge in [-0.05, 0) is 42.5 Å².